The number of nitrogens with zero attached hydrogens (tertiary/aromatic N) is 4. The highest BCUT2D eigenvalue weighted by molar-refractivity contribution is 14.0. The van der Waals surface area contributed by atoms with Crippen LogP contribution in [0.3, 0.4) is 0 Å². The van der Waals surface area contributed by atoms with Crippen LogP contribution in [0.15, 0.2) is 40.8 Å². The summed E-state index contributed by atoms with van der Waals surface area (Å²) in [7, 11) is 2.17. The third-order valence-electron chi connectivity index (χ3n) is 5.31. The molecule has 1 aliphatic heterocycles. The number of halogens is 1. The number of anilines is 1. The van der Waals surface area contributed by atoms with Gasteiger partial charge < -0.3 is 20.4 Å². The van der Waals surface area contributed by atoms with E-state index in [-0.39, 0.29) is 29.4 Å². The summed E-state index contributed by atoms with van der Waals surface area (Å²) >= 11 is 1.81. The largest absolute Gasteiger partial charge is 0.357 e. The summed E-state index contributed by atoms with van der Waals surface area (Å²) in [4.78, 5) is 15.6. The normalized spacial score (nSPS) is 15.6. The fraction of sp³-hybridized carbons (Fsp3) is 0.545. The highest BCUT2D eigenvalue weighted by Crippen LogP contribution is 2.26. The molecule has 2 N–H and O–H groups in total. The van der Waals surface area contributed by atoms with Gasteiger partial charge in [-0.2, -0.15) is 0 Å². The SMILES string of the molecule is CCNC(=NCc1cccnc1N1CCN(C)CC1)NCC(C)(C)c1cccs1.I. The van der Waals surface area contributed by atoms with E-state index in [0.29, 0.717) is 6.54 Å². The highest BCUT2D eigenvalue weighted by atomic mass is 127. The second-order valence-corrected chi connectivity index (χ2v) is 9.13. The lowest BCUT2D eigenvalue weighted by atomic mass is 9.91. The molecule has 30 heavy (non-hydrogen) atoms. The van der Waals surface area contributed by atoms with Gasteiger partial charge in [-0.1, -0.05) is 26.0 Å². The Balaban J connectivity index is 0.00000320. The van der Waals surface area contributed by atoms with Gasteiger partial charge >= 0.3 is 0 Å². The minimum absolute atomic E-state index is 0. The molecule has 0 aromatic carbocycles. The van der Waals surface area contributed by atoms with Gasteiger partial charge in [-0.3, -0.25) is 0 Å². The monoisotopic (exact) mass is 542 g/mol. The molecule has 3 rings (SSSR count). The zero-order valence-corrected chi connectivity index (χ0v) is 21.7. The third-order valence-corrected chi connectivity index (χ3v) is 6.54. The Morgan fingerprint density at radius 3 is 2.60 bits per heavy atom. The standard InChI is InChI=1S/C22H34N6S.HI/c1-5-23-21(26-17-22(2,3)19-9-7-15-29-19)25-16-18-8-6-10-24-20(18)28-13-11-27(4)12-14-28;/h6-10,15H,5,11-14,16-17H2,1-4H3,(H2,23,25,26);1H. The van der Waals surface area contributed by atoms with Crippen molar-refractivity contribution in [3.05, 3.63) is 46.3 Å². The van der Waals surface area contributed by atoms with Crippen LogP contribution in [-0.2, 0) is 12.0 Å². The molecule has 6 nitrogen and oxygen atoms in total. The first-order valence-electron chi connectivity index (χ1n) is 10.4. The quantitative estimate of drug-likeness (QED) is 0.319. The Morgan fingerprint density at radius 1 is 1.17 bits per heavy atom. The maximum atomic E-state index is 4.86. The van der Waals surface area contributed by atoms with E-state index in [0.717, 1.165) is 51.0 Å². The molecule has 1 aliphatic rings. The number of hydrogen-bond donors (Lipinski definition) is 2. The van der Waals surface area contributed by atoms with Crippen molar-refractivity contribution >= 4 is 47.1 Å². The predicted octanol–water partition coefficient (Wildman–Crippen LogP) is 3.55. The van der Waals surface area contributed by atoms with Crippen molar-refractivity contribution in [2.75, 3.05) is 51.2 Å². The molecule has 2 aromatic heterocycles. The first kappa shape index (κ1) is 24.9. The van der Waals surface area contributed by atoms with Gasteiger partial charge in [-0.15, -0.1) is 35.3 Å². The van der Waals surface area contributed by atoms with Crippen molar-refractivity contribution in [2.45, 2.75) is 32.7 Å². The third kappa shape index (κ3) is 6.81. The lowest BCUT2D eigenvalue weighted by molar-refractivity contribution is 0.312. The molecule has 0 spiro atoms. The molecule has 0 unspecified atom stereocenters. The zero-order chi connectivity index (χ0) is 20.7. The lowest BCUT2D eigenvalue weighted by Crippen LogP contribution is -2.45. The Morgan fingerprint density at radius 2 is 1.93 bits per heavy atom. The number of rotatable bonds is 7. The summed E-state index contributed by atoms with van der Waals surface area (Å²) in [5, 5.41) is 9.04. The minimum Gasteiger partial charge on any atom is -0.357 e. The molecule has 8 heteroatoms. The van der Waals surface area contributed by atoms with E-state index in [9.17, 15) is 0 Å². The van der Waals surface area contributed by atoms with Crippen molar-refractivity contribution in [3.63, 3.8) is 0 Å². The second-order valence-electron chi connectivity index (χ2n) is 8.19. The molecule has 3 heterocycles. The van der Waals surface area contributed by atoms with E-state index >= 15 is 0 Å². The van der Waals surface area contributed by atoms with E-state index in [4.69, 9.17) is 4.99 Å². The summed E-state index contributed by atoms with van der Waals surface area (Å²) < 4.78 is 0. The van der Waals surface area contributed by atoms with Gasteiger partial charge in [0.2, 0.25) is 0 Å². The number of pyridine rings is 1. The summed E-state index contributed by atoms with van der Waals surface area (Å²) in [5.74, 6) is 1.92. The van der Waals surface area contributed by atoms with Crippen LogP contribution in [0.5, 0.6) is 0 Å². The smallest absolute Gasteiger partial charge is 0.191 e. The van der Waals surface area contributed by atoms with Crippen LogP contribution in [0, 0.1) is 0 Å². The van der Waals surface area contributed by atoms with Crippen LogP contribution >= 0.6 is 35.3 Å². The van der Waals surface area contributed by atoms with Gasteiger partial charge in [0.1, 0.15) is 5.82 Å². The first-order valence-corrected chi connectivity index (χ1v) is 11.3. The number of hydrogen-bond acceptors (Lipinski definition) is 5. The topological polar surface area (TPSA) is 55.8 Å². The summed E-state index contributed by atoms with van der Waals surface area (Å²) in [6, 6.07) is 8.46. The molecule has 0 saturated carbocycles. The van der Waals surface area contributed by atoms with Crippen LogP contribution in [-0.4, -0.2) is 62.2 Å². The van der Waals surface area contributed by atoms with Crippen molar-refractivity contribution in [1.29, 1.82) is 0 Å². The molecular formula is C22H35IN6S. The molecule has 1 fully saturated rings. The summed E-state index contributed by atoms with van der Waals surface area (Å²) in [5.41, 5.74) is 1.23. The number of nitrogens with one attached hydrogen (secondary N) is 2. The van der Waals surface area contributed by atoms with Gasteiger partial charge in [-0.25, -0.2) is 9.98 Å². The van der Waals surface area contributed by atoms with E-state index < -0.39 is 0 Å². The van der Waals surface area contributed by atoms with Gasteiger partial charge in [0.25, 0.3) is 0 Å². The molecule has 0 radical (unpaired) electrons. The van der Waals surface area contributed by atoms with Crippen LogP contribution in [0.1, 0.15) is 31.2 Å². The van der Waals surface area contributed by atoms with E-state index in [1.807, 2.05) is 12.3 Å². The second kappa shape index (κ2) is 11.9. The van der Waals surface area contributed by atoms with E-state index in [1.165, 1.54) is 10.4 Å². The van der Waals surface area contributed by atoms with Gasteiger partial charge in [0.15, 0.2) is 5.96 Å². The number of aromatic nitrogens is 1. The van der Waals surface area contributed by atoms with E-state index in [2.05, 4.69) is 76.8 Å². The van der Waals surface area contributed by atoms with Crippen LogP contribution in [0.4, 0.5) is 5.82 Å². The minimum atomic E-state index is 0. The molecular weight excluding hydrogens is 507 g/mol. The Kier molecular flexibility index (Phi) is 9.83. The van der Waals surface area contributed by atoms with Crippen molar-refractivity contribution < 1.29 is 0 Å². The molecule has 166 valence electrons. The average molecular weight is 543 g/mol. The maximum absolute atomic E-state index is 4.86. The number of guanidine groups is 1. The predicted molar refractivity (Wildman–Crippen MR) is 140 cm³/mol. The summed E-state index contributed by atoms with van der Waals surface area (Å²) in [6.45, 7) is 13.1. The number of likely N-dealkylation sites (N-methyl/N-ethyl adjacent to an activating group) is 1. The first-order chi connectivity index (χ1) is 14.0. The zero-order valence-electron chi connectivity index (χ0n) is 18.5. The Labute approximate surface area is 202 Å². The van der Waals surface area contributed by atoms with Gasteiger partial charge in [0.05, 0.1) is 6.54 Å². The lowest BCUT2D eigenvalue weighted by Gasteiger charge is -2.34. The highest BCUT2D eigenvalue weighted by Gasteiger charge is 2.22. The molecule has 2 aromatic rings. The number of thiophene rings is 1. The van der Waals surface area contributed by atoms with Crippen LogP contribution in [0.2, 0.25) is 0 Å². The molecule has 0 aliphatic carbocycles. The van der Waals surface area contributed by atoms with E-state index in [1.54, 1.807) is 11.3 Å². The Hall–Kier alpha value is -1.39. The fourth-order valence-corrected chi connectivity index (χ4v) is 4.27. The van der Waals surface area contributed by atoms with Crippen molar-refractivity contribution in [1.82, 2.24) is 20.5 Å². The van der Waals surface area contributed by atoms with Gasteiger partial charge in [-0.05, 0) is 31.5 Å². The summed E-state index contributed by atoms with van der Waals surface area (Å²) in [6.07, 6.45) is 1.88. The molecule has 0 amide bonds. The van der Waals surface area contributed by atoms with Crippen molar-refractivity contribution in [2.24, 2.45) is 4.99 Å². The average Bonchev–Trinajstić information content (AvgIpc) is 3.27. The number of piperazine rings is 1. The van der Waals surface area contributed by atoms with Gasteiger partial charge in [0, 0.05) is 61.3 Å². The Bertz CT molecular complexity index is 785. The van der Waals surface area contributed by atoms with Crippen LogP contribution < -0.4 is 15.5 Å². The van der Waals surface area contributed by atoms with Crippen LogP contribution in [0.25, 0.3) is 0 Å². The number of aliphatic imine (C=N–C) groups is 1. The molecule has 1 saturated heterocycles. The molecule has 0 atom stereocenters. The maximum Gasteiger partial charge on any atom is 0.191 e. The van der Waals surface area contributed by atoms with Crippen molar-refractivity contribution in [3.8, 4) is 0 Å². The fourth-order valence-electron chi connectivity index (χ4n) is 3.42. The molecule has 0 bridgehead atoms.